The summed E-state index contributed by atoms with van der Waals surface area (Å²) >= 11 is 10.3. The summed E-state index contributed by atoms with van der Waals surface area (Å²) < 4.78 is 18.1. The van der Waals surface area contributed by atoms with Gasteiger partial charge >= 0.3 is 0 Å². The quantitative estimate of drug-likeness (QED) is 0.704. The van der Waals surface area contributed by atoms with Gasteiger partial charge in [-0.2, -0.15) is 0 Å². The predicted molar refractivity (Wildman–Crippen MR) is 86.6 cm³/mol. The molecule has 0 aromatic heterocycles. The lowest BCUT2D eigenvalue weighted by Crippen LogP contribution is -2.39. The van der Waals surface area contributed by atoms with Gasteiger partial charge in [-0.3, -0.25) is 0 Å². The number of alkyl halides is 1. The number of fused-ring (bicyclic) bond motifs is 1. The molecule has 0 radical (unpaired) electrons. The van der Waals surface area contributed by atoms with Gasteiger partial charge in [0, 0.05) is 18.0 Å². The van der Waals surface area contributed by atoms with Crippen molar-refractivity contribution < 1.29 is 14.2 Å². The maximum atomic E-state index is 6.66. The molecule has 0 spiro atoms. The first-order valence-electron chi connectivity index (χ1n) is 7.42. The molecule has 0 saturated heterocycles. The van der Waals surface area contributed by atoms with Crippen molar-refractivity contribution in [3.63, 3.8) is 0 Å². The molecule has 1 saturated carbocycles. The molecule has 0 N–H and O–H groups in total. The van der Waals surface area contributed by atoms with Gasteiger partial charge in [0.15, 0.2) is 11.5 Å². The van der Waals surface area contributed by atoms with Crippen LogP contribution >= 0.6 is 27.5 Å². The van der Waals surface area contributed by atoms with Gasteiger partial charge in [-0.05, 0) is 43.4 Å². The molecule has 2 aliphatic rings. The van der Waals surface area contributed by atoms with Gasteiger partial charge in [-0.15, -0.1) is 11.6 Å². The van der Waals surface area contributed by atoms with Crippen molar-refractivity contribution in [3.8, 4) is 11.5 Å². The summed E-state index contributed by atoms with van der Waals surface area (Å²) in [6.45, 7) is 1.37. The van der Waals surface area contributed by atoms with Crippen molar-refractivity contribution in [3.05, 3.63) is 22.2 Å². The fourth-order valence-electron chi connectivity index (χ4n) is 2.94. The second-order valence-electron chi connectivity index (χ2n) is 5.78. The number of hydrogen-bond acceptors (Lipinski definition) is 3. The summed E-state index contributed by atoms with van der Waals surface area (Å²) in [6, 6.07) is 3.97. The molecule has 1 unspecified atom stereocenters. The maximum absolute atomic E-state index is 6.66. The average molecular weight is 376 g/mol. The summed E-state index contributed by atoms with van der Waals surface area (Å²) in [5.41, 5.74) is 1.000. The van der Waals surface area contributed by atoms with Crippen LogP contribution in [-0.4, -0.2) is 25.9 Å². The maximum Gasteiger partial charge on any atom is 0.162 e. The molecule has 116 valence electrons. The van der Waals surface area contributed by atoms with Crippen LogP contribution < -0.4 is 9.47 Å². The summed E-state index contributed by atoms with van der Waals surface area (Å²) in [4.78, 5) is 0. The Balaban J connectivity index is 1.82. The Morgan fingerprint density at radius 2 is 1.90 bits per heavy atom. The fourth-order valence-corrected chi connectivity index (χ4v) is 4.13. The molecule has 0 bridgehead atoms. The van der Waals surface area contributed by atoms with E-state index in [1.807, 2.05) is 12.1 Å². The monoisotopic (exact) mass is 374 g/mol. The zero-order chi connectivity index (χ0) is 14.9. The summed E-state index contributed by atoms with van der Waals surface area (Å²) in [5, 5.41) is -0.100. The number of halogens is 2. The highest BCUT2D eigenvalue weighted by Gasteiger charge is 2.39. The second kappa shape index (κ2) is 6.35. The van der Waals surface area contributed by atoms with Crippen LogP contribution in [0.3, 0.4) is 0 Å². The minimum atomic E-state index is -0.100. The van der Waals surface area contributed by atoms with Crippen LogP contribution in [0, 0.1) is 0 Å². The SMILES string of the molecule is COC1(CC(Cl)c2cc3c(cc2Br)OCCCO3)CCC1. The van der Waals surface area contributed by atoms with Crippen LogP contribution in [0.25, 0.3) is 0 Å². The fraction of sp³-hybridized carbons (Fsp3) is 0.625. The Labute approximate surface area is 139 Å². The zero-order valence-corrected chi connectivity index (χ0v) is 14.5. The third kappa shape index (κ3) is 3.17. The molecule has 1 aliphatic carbocycles. The highest BCUT2D eigenvalue weighted by molar-refractivity contribution is 9.10. The van der Waals surface area contributed by atoms with Crippen molar-refractivity contribution >= 4 is 27.5 Å². The Bertz CT molecular complexity index is 511. The lowest BCUT2D eigenvalue weighted by atomic mass is 9.76. The molecule has 1 aliphatic heterocycles. The van der Waals surface area contributed by atoms with Crippen LogP contribution in [0.2, 0.25) is 0 Å². The number of rotatable bonds is 4. The third-order valence-corrected chi connectivity index (χ3v) is 5.53. The molecule has 3 nitrogen and oxygen atoms in total. The van der Waals surface area contributed by atoms with Gasteiger partial charge in [0.2, 0.25) is 0 Å². The molecule has 1 heterocycles. The van der Waals surface area contributed by atoms with Gasteiger partial charge in [0.1, 0.15) is 0 Å². The Kier molecular flexibility index (Phi) is 4.67. The highest BCUT2D eigenvalue weighted by atomic mass is 79.9. The van der Waals surface area contributed by atoms with E-state index >= 15 is 0 Å². The zero-order valence-electron chi connectivity index (χ0n) is 12.2. The van der Waals surface area contributed by atoms with E-state index in [1.165, 1.54) is 6.42 Å². The molecule has 1 fully saturated rings. The van der Waals surface area contributed by atoms with Crippen molar-refractivity contribution in [1.29, 1.82) is 0 Å². The van der Waals surface area contributed by atoms with Crippen LogP contribution in [-0.2, 0) is 4.74 Å². The molecular weight excluding hydrogens is 356 g/mol. The minimum Gasteiger partial charge on any atom is -0.490 e. The van der Waals surface area contributed by atoms with Gasteiger partial charge in [-0.1, -0.05) is 15.9 Å². The molecule has 1 aromatic carbocycles. The van der Waals surface area contributed by atoms with Crippen LogP contribution in [0.4, 0.5) is 0 Å². The van der Waals surface area contributed by atoms with Crippen LogP contribution in [0.15, 0.2) is 16.6 Å². The molecule has 0 amide bonds. The van der Waals surface area contributed by atoms with E-state index in [4.69, 9.17) is 25.8 Å². The van der Waals surface area contributed by atoms with Crippen molar-refractivity contribution in [2.75, 3.05) is 20.3 Å². The molecule has 1 aromatic rings. The number of benzene rings is 1. The topological polar surface area (TPSA) is 27.7 Å². The number of hydrogen-bond donors (Lipinski definition) is 0. The lowest BCUT2D eigenvalue weighted by Gasteiger charge is -2.42. The van der Waals surface area contributed by atoms with Gasteiger partial charge in [0.25, 0.3) is 0 Å². The smallest absolute Gasteiger partial charge is 0.162 e. The normalized spacial score (nSPS) is 21.3. The van der Waals surface area contributed by atoms with Gasteiger partial charge < -0.3 is 14.2 Å². The van der Waals surface area contributed by atoms with E-state index in [9.17, 15) is 0 Å². The largest absolute Gasteiger partial charge is 0.490 e. The van der Waals surface area contributed by atoms with Crippen LogP contribution in [0.1, 0.15) is 43.0 Å². The minimum absolute atomic E-state index is 0.0456. The van der Waals surface area contributed by atoms with Gasteiger partial charge in [0.05, 0.1) is 24.2 Å². The molecule has 21 heavy (non-hydrogen) atoms. The predicted octanol–water partition coefficient (Wildman–Crippen LogP) is 4.85. The van der Waals surface area contributed by atoms with Crippen LogP contribution in [0.5, 0.6) is 11.5 Å². The molecule has 1 atom stereocenters. The Hall–Kier alpha value is -0.450. The van der Waals surface area contributed by atoms with E-state index in [-0.39, 0.29) is 11.0 Å². The summed E-state index contributed by atoms with van der Waals surface area (Å²) in [5.74, 6) is 1.58. The van der Waals surface area contributed by atoms with Gasteiger partial charge in [-0.25, -0.2) is 0 Å². The van der Waals surface area contributed by atoms with E-state index < -0.39 is 0 Å². The number of methoxy groups -OCH3 is 1. The molecule has 5 heteroatoms. The van der Waals surface area contributed by atoms with Crippen molar-refractivity contribution in [2.24, 2.45) is 0 Å². The van der Waals surface area contributed by atoms with E-state index in [2.05, 4.69) is 15.9 Å². The summed E-state index contributed by atoms with van der Waals surface area (Å²) in [7, 11) is 1.78. The highest BCUT2D eigenvalue weighted by Crippen LogP contribution is 2.47. The third-order valence-electron chi connectivity index (χ3n) is 4.45. The first kappa shape index (κ1) is 15.4. The molecular formula is C16H20BrClO3. The van der Waals surface area contributed by atoms with E-state index in [0.29, 0.717) is 13.2 Å². The second-order valence-corrected chi connectivity index (χ2v) is 7.16. The number of ether oxygens (including phenoxy) is 3. The van der Waals surface area contributed by atoms with E-state index in [0.717, 1.165) is 47.2 Å². The van der Waals surface area contributed by atoms with Crippen molar-refractivity contribution in [1.82, 2.24) is 0 Å². The Morgan fingerprint density at radius 3 is 2.48 bits per heavy atom. The van der Waals surface area contributed by atoms with E-state index in [1.54, 1.807) is 7.11 Å². The lowest BCUT2D eigenvalue weighted by molar-refractivity contribution is -0.0780. The Morgan fingerprint density at radius 1 is 1.24 bits per heavy atom. The average Bonchev–Trinajstić information content (AvgIpc) is 2.66. The van der Waals surface area contributed by atoms with Crippen molar-refractivity contribution in [2.45, 2.75) is 43.1 Å². The summed E-state index contributed by atoms with van der Waals surface area (Å²) in [6.07, 6.45) is 5.13. The molecule has 3 rings (SSSR count). The first-order valence-corrected chi connectivity index (χ1v) is 8.65. The standard InChI is InChI=1S/C16H20BrClO3/c1-19-16(4-2-5-16)10-13(18)11-8-14-15(9-12(11)17)21-7-3-6-20-14/h8-9,13H,2-7,10H2,1H3. The first-order chi connectivity index (χ1) is 10.1.